The van der Waals surface area contributed by atoms with Gasteiger partial charge in [0.2, 0.25) is 5.95 Å². The molecule has 0 aliphatic carbocycles. The maximum Gasteiger partial charge on any atom is 0.490 e. The number of para-hydroxylation sites is 1. The van der Waals surface area contributed by atoms with Gasteiger partial charge in [-0.1, -0.05) is 12.1 Å². The van der Waals surface area contributed by atoms with Gasteiger partial charge in [0.15, 0.2) is 5.82 Å². The third kappa shape index (κ3) is 6.50. The van der Waals surface area contributed by atoms with Crippen LogP contribution >= 0.6 is 11.3 Å². The Hall–Kier alpha value is -5.24. The minimum atomic E-state index is -5.08. The lowest BCUT2D eigenvalue weighted by atomic mass is 10.1. The molecule has 0 aliphatic rings. The van der Waals surface area contributed by atoms with E-state index < -0.39 is 12.1 Å². The van der Waals surface area contributed by atoms with Crippen molar-refractivity contribution in [2.75, 3.05) is 5.32 Å². The molecular formula is C27H19F3N8O2S. The van der Waals surface area contributed by atoms with Gasteiger partial charge < -0.3 is 10.4 Å². The number of benzene rings is 2. The summed E-state index contributed by atoms with van der Waals surface area (Å²) in [6.07, 6.45) is 2.03. The number of carboxylic acid groups (broad SMARTS) is 1. The summed E-state index contributed by atoms with van der Waals surface area (Å²) in [5, 5.41) is 18.9. The van der Waals surface area contributed by atoms with Gasteiger partial charge in [-0.05, 0) is 49.4 Å². The predicted molar refractivity (Wildman–Crippen MR) is 147 cm³/mol. The number of halogens is 3. The summed E-state index contributed by atoms with van der Waals surface area (Å²) < 4.78 is 33.5. The number of nitrogens with zero attached hydrogens (tertiary/aromatic N) is 7. The van der Waals surface area contributed by atoms with Crippen molar-refractivity contribution in [3.05, 3.63) is 90.6 Å². The van der Waals surface area contributed by atoms with Crippen molar-refractivity contribution < 1.29 is 23.1 Å². The number of aryl methyl sites for hydroxylation is 1. The number of hydrogen-bond acceptors (Lipinski definition) is 9. The van der Waals surface area contributed by atoms with Gasteiger partial charge >= 0.3 is 12.1 Å². The van der Waals surface area contributed by atoms with E-state index in [1.165, 1.54) is 0 Å². The minimum Gasteiger partial charge on any atom is -0.475 e. The highest BCUT2D eigenvalue weighted by Crippen LogP contribution is 2.29. The van der Waals surface area contributed by atoms with Gasteiger partial charge in [0.25, 0.3) is 0 Å². The Morgan fingerprint density at radius 2 is 1.76 bits per heavy atom. The molecule has 206 valence electrons. The molecular weight excluding hydrogens is 557 g/mol. The quantitative estimate of drug-likeness (QED) is 0.251. The van der Waals surface area contributed by atoms with Gasteiger partial charge in [0.1, 0.15) is 11.3 Å². The van der Waals surface area contributed by atoms with Crippen molar-refractivity contribution in [2.24, 2.45) is 0 Å². The lowest BCUT2D eigenvalue weighted by molar-refractivity contribution is -0.192. The molecule has 0 aliphatic heterocycles. The largest absolute Gasteiger partial charge is 0.490 e. The second-order valence-corrected chi connectivity index (χ2v) is 9.34. The van der Waals surface area contributed by atoms with Crippen molar-refractivity contribution in [2.45, 2.75) is 13.1 Å². The van der Waals surface area contributed by atoms with Gasteiger partial charge in [-0.2, -0.15) is 13.2 Å². The molecule has 41 heavy (non-hydrogen) atoms. The average Bonchev–Trinajstić information content (AvgIpc) is 3.67. The van der Waals surface area contributed by atoms with Crippen LogP contribution in [0.3, 0.4) is 0 Å². The number of aliphatic carboxylic acids is 1. The highest BCUT2D eigenvalue weighted by atomic mass is 32.1. The Kier molecular flexibility index (Phi) is 7.65. The number of thiazole rings is 1. The van der Waals surface area contributed by atoms with E-state index in [1.807, 2.05) is 73.1 Å². The van der Waals surface area contributed by atoms with Crippen LogP contribution < -0.4 is 5.32 Å². The molecule has 6 rings (SSSR count). The SMILES string of the molecule is Cc1ccc(-c2ncn(-c3ccc(Nc4ncc5cccc(-c6nccs6)c5n4)cc3)n2)cn1.O=C(O)C(F)(F)F. The van der Waals surface area contributed by atoms with Crippen LogP contribution in [0.2, 0.25) is 0 Å². The first-order valence-electron chi connectivity index (χ1n) is 11.9. The van der Waals surface area contributed by atoms with Crippen molar-refractivity contribution >= 4 is 39.8 Å². The number of carbonyl (C=O) groups is 1. The van der Waals surface area contributed by atoms with Crippen LogP contribution in [0.1, 0.15) is 5.69 Å². The number of alkyl halides is 3. The summed E-state index contributed by atoms with van der Waals surface area (Å²) in [4.78, 5) is 31.3. The van der Waals surface area contributed by atoms with Crippen molar-refractivity contribution in [1.29, 1.82) is 0 Å². The summed E-state index contributed by atoms with van der Waals surface area (Å²) in [5.41, 5.74) is 5.48. The number of fused-ring (bicyclic) bond motifs is 1. The van der Waals surface area contributed by atoms with E-state index in [0.717, 1.165) is 44.1 Å². The maximum atomic E-state index is 10.6. The van der Waals surface area contributed by atoms with E-state index in [9.17, 15) is 13.2 Å². The first kappa shape index (κ1) is 27.3. The Morgan fingerprint density at radius 1 is 0.976 bits per heavy atom. The highest BCUT2D eigenvalue weighted by molar-refractivity contribution is 7.13. The average molecular weight is 577 g/mol. The van der Waals surface area contributed by atoms with Gasteiger partial charge in [0, 0.05) is 51.9 Å². The number of aromatic nitrogens is 7. The first-order chi connectivity index (χ1) is 19.7. The van der Waals surface area contributed by atoms with Gasteiger partial charge in [-0.25, -0.2) is 29.4 Å². The molecule has 2 N–H and O–H groups in total. The summed E-state index contributed by atoms with van der Waals surface area (Å²) >= 11 is 1.59. The molecule has 0 saturated carbocycles. The second-order valence-electron chi connectivity index (χ2n) is 8.45. The third-order valence-corrected chi connectivity index (χ3v) is 6.37. The fourth-order valence-electron chi connectivity index (χ4n) is 3.59. The molecule has 0 unspecified atom stereocenters. The Morgan fingerprint density at radius 3 is 2.41 bits per heavy atom. The Bertz CT molecular complexity index is 1790. The van der Waals surface area contributed by atoms with E-state index in [2.05, 4.69) is 30.4 Å². The monoisotopic (exact) mass is 576 g/mol. The van der Waals surface area contributed by atoms with E-state index in [4.69, 9.17) is 14.9 Å². The molecule has 0 spiro atoms. The highest BCUT2D eigenvalue weighted by Gasteiger charge is 2.38. The molecule has 4 aromatic heterocycles. The van der Waals surface area contributed by atoms with Gasteiger partial charge in [-0.15, -0.1) is 16.4 Å². The Labute approximate surface area is 234 Å². The standard InChI is InChI=1S/C25H18N8S.C2HF3O2/c1-16-5-6-18(14-27-16)23-29-15-33(32-23)20-9-7-19(8-10-20)30-25-28-13-17-3-2-4-21(22(17)31-25)24-26-11-12-34-24;3-2(4,5)1(6)7/h2-15H,1H3,(H,28,30,31);(H,6,7). The van der Waals surface area contributed by atoms with Crippen LogP contribution in [-0.2, 0) is 4.79 Å². The van der Waals surface area contributed by atoms with Crippen molar-refractivity contribution in [3.63, 3.8) is 0 Å². The molecule has 0 radical (unpaired) electrons. The van der Waals surface area contributed by atoms with E-state index in [1.54, 1.807) is 34.7 Å². The number of rotatable bonds is 5. The summed E-state index contributed by atoms with van der Waals surface area (Å²) in [6, 6.07) is 17.8. The second kappa shape index (κ2) is 11.5. The topological polar surface area (TPSA) is 132 Å². The normalized spacial score (nSPS) is 11.1. The zero-order valence-corrected chi connectivity index (χ0v) is 21.9. The first-order valence-corrected chi connectivity index (χ1v) is 12.7. The Balaban J connectivity index is 0.000000431. The fourth-order valence-corrected chi connectivity index (χ4v) is 4.26. The molecule has 0 saturated heterocycles. The molecule has 10 nitrogen and oxygen atoms in total. The lowest BCUT2D eigenvalue weighted by Gasteiger charge is -2.08. The number of pyridine rings is 1. The zero-order valence-electron chi connectivity index (χ0n) is 21.1. The molecule has 0 atom stereocenters. The molecule has 4 heterocycles. The third-order valence-electron chi connectivity index (χ3n) is 5.57. The van der Waals surface area contributed by atoms with Crippen LogP contribution in [0.25, 0.3) is 38.5 Å². The van der Waals surface area contributed by atoms with Crippen molar-refractivity contribution in [3.8, 4) is 27.6 Å². The smallest absolute Gasteiger partial charge is 0.475 e. The predicted octanol–water partition coefficient (Wildman–Crippen LogP) is 6.08. The zero-order chi connectivity index (χ0) is 29.0. The van der Waals surface area contributed by atoms with Crippen LogP contribution in [-0.4, -0.2) is 52.0 Å². The van der Waals surface area contributed by atoms with E-state index in [-0.39, 0.29) is 0 Å². The minimum absolute atomic E-state index is 0.527. The van der Waals surface area contributed by atoms with Gasteiger partial charge in [-0.3, -0.25) is 4.98 Å². The molecule has 14 heteroatoms. The van der Waals surface area contributed by atoms with Gasteiger partial charge in [0.05, 0.1) is 11.2 Å². The number of carboxylic acids is 1. The molecule has 0 fully saturated rings. The number of nitrogens with one attached hydrogen (secondary N) is 1. The van der Waals surface area contributed by atoms with Crippen LogP contribution in [0.15, 0.2) is 84.9 Å². The number of hydrogen-bond donors (Lipinski definition) is 2. The summed E-state index contributed by atoms with van der Waals surface area (Å²) in [6.45, 7) is 1.95. The van der Waals surface area contributed by atoms with Crippen LogP contribution in [0.5, 0.6) is 0 Å². The van der Waals surface area contributed by atoms with E-state index in [0.29, 0.717) is 11.8 Å². The van der Waals surface area contributed by atoms with E-state index >= 15 is 0 Å². The summed E-state index contributed by atoms with van der Waals surface area (Å²) in [5.74, 6) is -1.60. The van der Waals surface area contributed by atoms with Crippen LogP contribution in [0.4, 0.5) is 24.8 Å². The molecule has 2 aromatic carbocycles. The molecule has 6 aromatic rings. The molecule has 0 bridgehead atoms. The lowest BCUT2D eigenvalue weighted by Crippen LogP contribution is -2.21. The fraction of sp³-hybridized carbons (Fsp3) is 0.0741. The van der Waals surface area contributed by atoms with Crippen molar-refractivity contribution in [1.82, 2.24) is 34.7 Å². The summed E-state index contributed by atoms with van der Waals surface area (Å²) in [7, 11) is 0. The number of anilines is 2. The molecule has 0 amide bonds. The maximum absolute atomic E-state index is 10.6. The van der Waals surface area contributed by atoms with Crippen LogP contribution in [0, 0.1) is 6.92 Å².